The molecular weight excluding hydrogens is 327 g/mol. The van der Waals surface area contributed by atoms with Gasteiger partial charge in [0.15, 0.2) is 0 Å². The van der Waals surface area contributed by atoms with Crippen LogP contribution in [-0.2, 0) is 6.42 Å². The largest absolute Gasteiger partial charge is 0.269 e. The molecule has 3 heterocycles. The molecule has 0 spiro atoms. The van der Waals surface area contributed by atoms with E-state index < -0.39 is 0 Å². The molecule has 0 aliphatic carbocycles. The van der Waals surface area contributed by atoms with Gasteiger partial charge in [0.1, 0.15) is 28.5 Å². The molecule has 4 aromatic rings. The van der Waals surface area contributed by atoms with Gasteiger partial charge in [-0.25, -0.2) is 4.39 Å². The van der Waals surface area contributed by atoms with Gasteiger partial charge in [0.05, 0.1) is 12.2 Å². The summed E-state index contributed by atoms with van der Waals surface area (Å²) in [5.74, 6) is 0.814. The van der Waals surface area contributed by atoms with E-state index in [0.29, 0.717) is 5.56 Å². The van der Waals surface area contributed by atoms with Crippen molar-refractivity contribution in [3.8, 4) is 6.07 Å². The van der Waals surface area contributed by atoms with Gasteiger partial charge in [0, 0.05) is 12.0 Å². The number of para-hydroxylation sites is 2. The number of nitrogens with one attached hydrogen (secondary N) is 1. The maximum absolute atomic E-state index is 13.4. The number of anilines is 2. The quantitative estimate of drug-likeness (QED) is 0.533. The predicted octanol–water partition coefficient (Wildman–Crippen LogP) is 3.92. The zero-order chi connectivity index (χ0) is 17.8. The molecule has 0 atom stereocenters. The maximum Gasteiger partial charge on any atom is 0.250 e. The fraction of sp³-hybridized carbons (Fsp3) is 0.143. The van der Waals surface area contributed by atoms with E-state index in [0.717, 1.165) is 46.7 Å². The van der Waals surface area contributed by atoms with Crippen LogP contribution in [0, 0.1) is 24.1 Å². The van der Waals surface area contributed by atoms with Crippen molar-refractivity contribution in [2.24, 2.45) is 0 Å². The molecule has 0 radical (unpaired) electrons. The summed E-state index contributed by atoms with van der Waals surface area (Å²) in [7, 11) is 0. The number of imidazole rings is 1. The van der Waals surface area contributed by atoms with Crippen molar-refractivity contribution in [2.75, 3.05) is 11.4 Å². The number of fused-ring (bicyclic) bond motifs is 5. The van der Waals surface area contributed by atoms with E-state index in [1.165, 1.54) is 17.7 Å². The number of H-pyrrole nitrogens is 1. The van der Waals surface area contributed by atoms with Gasteiger partial charge in [-0.2, -0.15) is 9.66 Å². The number of benzene rings is 2. The smallest absolute Gasteiger partial charge is 0.250 e. The highest BCUT2D eigenvalue weighted by molar-refractivity contribution is 5.79. The molecule has 0 bridgehead atoms. The Kier molecular flexibility index (Phi) is 3.04. The molecule has 4 nitrogen and oxygen atoms in total. The molecule has 0 amide bonds. The Balaban J connectivity index is 1.91. The molecule has 0 unspecified atom stereocenters. The number of hydrogen-bond donors (Lipinski definition) is 1. The summed E-state index contributed by atoms with van der Waals surface area (Å²) in [5.41, 5.74) is 6.65. The number of pyridine rings is 1. The number of nitrogens with zero attached hydrogens (tertiary/aromatic N) is 3. The fourth-order valence-electron chi connectivity index (χ4n) is 4.03. The van der Waals surface area contributed by atoms with E-state index in [4.69, 9.17) is 0 Å². The minimum atomic E-state index is -0.242. The first kappa shape index (κ1) is 14.9. The van der Waals surface area contributed by atoms with Gasteiger partial charge in [0.2, 0.25) is 11.5 Å². The Hall–Kier alpha value is -3.39. The molecule has 0 fully saturated rings. The molecule has 1 aliphatic heterocycles. The summed E-state index contributed by atoms with van der Waals surface area (Å²) in [6.45, 7) is 2.81. The first-order chi connectivity index (χ1) is 12.7. The van der Waals surface area contributed by atoms with E-state index in [-0.39, 0.29) is 5.82 Å². The molecule has 0 saturated carbocycles. The third-order valence-corrected chi connectivity index (χ3v) is 5.26. The van der Waals surface area contributed by atoms with Gasteiger partial charge in [-0.3, -0.25) is 9.88 Å². The van der Waals surface area contributed by atoms with Crippen molar-refractivity contribution in [1.82, 2.24) is 4.98 Å². The Morgan fingerprint density at radius 3 is 2.69 bits per heavy atom. The molecule has 5 heteroatoms. The monoisotopic (exact) mass is 343 g/mol. The first-order valence-electron chi connectivity index (χ1n) is 8.60. The molecular formula is C21H16FN4+. The lowest BCUT2D eigenvalue weighted by atomic mass is 10.0. The summed E-state index contributed by atoms with van der Waals surface area (Å²) in [6.07, 6.45) is 0.857. The van der Waals surface area contributed by atoms with E-state index in [2.05, 4.69) is 26.4 Å². The molecule has 126 valence electrons. The summed E-state index contributed by atoms with van der Waals surface area (Å²) in [6, 6.07) is 17.0. The average molecular weight is 343 g/mol. The van der Waals surface area contributed by atoms with Crippen LogP contribution < -0.4 is 9.30 Å². The van der Waals surface area contributed by atoms with Gasteiger partial charge in [-0.1, -0.05) is 12.1 Å². The van der Waals surface area contributed by atoms with E-state index in [9.17, 15) is 9.65 Å². The van der Waals surface area contributed by atoms with Crippen LogP contribution in [0.25, 0.3) is 16.7 Å². The van der Waals surface area contributed by atoms with E-state index in [1.807, 2.05) is 25.1 Å². The van der Waals surface area contributed by atoms with E-state index in [1.54, 1.807) is 12.1 Å². The third kappa shape index (κ3) is 1.90. The second kappa shape index (κ2) is 5.30. The predicted molar refractivity (Wildman–Crippen MR) is 98.0 cm³/mol. The van der Waals surface area contributed by atoms with Gasteiger partial charge >= 0.3 is 0 Å². The Labute approximate surface area is 149 Å². The minimum Gasteiger partial charge on any atom is -0.269 e. The second-order valence-electron chi connectivity index (χ2n) is 6.62. The standard InChI is InChI=1S/C21H15FN4/c1-13-16-10-11-25(15-8-6-14(22)7-9-15)21(16)26-19-5-3-2-4-18(19)24-20(26)17(13)12-23/h2-9H,10-11H2,1H3/p+1. The topological polar surface area (TPSA) is 46.9 Å². The van der Waals surface area contributed by atoms with Gasteiger partial charge < -0.3 is 0 Å². The summed E-state index contributed by atoms with van der Waals surface area (Å²) < 4.78 is 15.5. The summed E-state index contributed by atoms with van der Waals surface area (Å²) >= 11 is 0. The number of aromatic amines is 1. The highest BCUT2D eigenvalue weighted by atomic mass is 19.1. The average Bonchev–Trinajstić information content (AvgIpc) is 3.24. The van der Waals surface area contributed by atoms with Crippen molar-refractivity contribution >= 4 is 28.2 Å². The normalized spacial score (nSPS) is 13.3. The van der Waals surface area contributed by atoms with Crippen molar-refractivity contribution in [3.63, 3.8) is 0 Å². The van der Waals surface area contributed by atoms with Crippen molar-refractivity contribution in [3.05, 3.63) is 71.0 Å². The maximum atomic E-state index is 13.4. The molecule has 0 saturated heterocycles. The van der Waals surface area contributed by atoms with Gasteiger partial charge in [0.25, 0.3) is 0 Å². The molecule has 2 aromatic heterocycles. The molecule has 1 N–H and O–H groups in total. The molecule has 1 aliphatic rings. The minimum absolute atomic E-state index is 0.242. The highest BCUT2D eigenvalue weighted by Crippen LogP contribution is 2.36. The van der Waals surface area contributed by atoms with Crippen LogP contribution >= 0.6 is 0 Å². The van der Waals surface area contributed by atoms with Crippen molar-refractivity contribution in [1.29, 1.82) is 5.26 Å². The number of hydrogen-bond acceptors (Lipinski definition) is 2. The number of rotatable bonds is 1. The van der Waals surface area contributed by atoms with Crippen LogP contribution in [0.5, 0.6) is 0 Å². The lowest BCUT2D eigenvalue weighted by molar-refractivity contribution is -0.466. The van der Waals surface area contributed by atoms with Crippen LogP contribution in [0.3, 0.4) is 0 Å². The van der Waals surface area contributed by atoms with Crippen molar-refractivity contribution in [2.45, 2.75) is 13.3 Å². The van der Waals surface area contributed by atoms with Crippen LogP contribution in [0.4, 0.5) is 15.9 Å². The third-order valence-electron chi connectivity index (χ3n) is 5.26. The zero-order valence-electron chi connectivity index (χ0n) is 14.3. The molecule has 26 heavy (non-hydrogen) atoms. The van der Waals surface area contributed by atoms with Gasteiger partial charge in [-0.05, 0) is 48.9 Å². The fourth-order valence-corrected chi connectivity index (χ4v) is 4.03. The van der Waals surface area contributed by atoms with Crippen LogP contribution in [0.1, 0.15) is 16.7 Å². The van der Waals surface area contributed by atoms with E-state index >= 15 is 0 Å². The van der Waals surface area contributed by atoms with Crippen LogP contribution in [0.15, 0.2) is 48.5 Å². The van der Waals surface area contributed by atoms with Crippen LogP contribution in [-0.4, -0.2) is 11.5 Å². The Morgan fingerprint density at radius 2 is 1.92 bits per heavy atom. The number of aromatic nitrogens is 2. The zero-order valence-corrected chi connectivity index (χ0v) is 14.3. The molecule has 5 rings (SSSR count). The summed E-state index contributed by atoms with van der Waals surface area (Å²) in [4.78, 5) is 5.61. The number of nitriles is 1. The molecule has 2 aromatic carbocycles. The highest BCUT2D eigenvalue weighted by Gasteiger charge is 2.34. The number of halogens is 1. The summed E-state index contributed by atoms with van der Waals surface area (Å²) in [5, 5.41) is 9.75. The van der Waals surface area contributed by atoms with Crippen molar-refractivity contribution < 1.29 is 8.79 Å². The lowest BCUT2D eigenvalue weighted by Gasteiger charge is -2.15. The second-order valence-corrected chi connectivity index (χ2v) is 6.62. The SMILES string of the molecule is Cc1c2c([n+]3c([nH]c4ccccc43)c1C#N)N(c1ccc(F)cc1)CC2. The van der Waals surface area contributed by atoms with Crippen LogP contribution in [0.2, 0.25) is 0 Å². The van der Waals surface area contributed by atoms with Gasteiger partial charge in [-0.15, -0.1) is 0 Å². The Bertz CT molecular complexity index is 1220. The lowest BCUT2D eigenvalue weighted by Crippen LogP contribution is -2.31. The first-order valence-corrected chi connectivity index (χ1v) is 8.60. The Morgan fingerprint density at radius 1 is 1.15 bits per heavy atom.